The molecule has 0 radical (unpaired) electrons. The summed E-state index contributed by atoms with van der Waals surface area (Å²) in [5.41, 5.74) is 6.73. The Kier molecular flexibility index (Phi) is 4.90. The number of rotatable bonds is 6. The van der Waals surface area contributed by atoms with Gasteiger partial charge in [-0.3, -0.25) is 4.79 Å². The van der Waals surface area contributed by atoms with E-state index in [1.165, 1.54) is 12.8 Å². The standard InChI is InChI=1S/C13H23N5O/c1-2-5-11(14)12-8-18(17-16-12)9-13(19)15-10-6-3-4-7-10/h8,10-11H,2-7,9,14H2,1H3,(H,15,19). The second kappa shape index (κ2) is 6.65. The monoisotopic (exact) mass is 265 g/mol. The molecular weight excluding hydrogens is 242 g/mol. The lowest BCUT2D eigenvalue weighted by atomic mass is 10.1. The van der Waals surface area contributed by atoms with Gasteiger partial charge in [0.05, 0.1) is 17.9 Å². The number of hydrogen-bond acceptors (Lipinski definition) is 4. The molecular formula is C13H23N5O. The van der Waals surface area contributed by atoms with Crippen molar-refractivity contribution in [2.45, 2.75) is 64.1 Å². The van der Waals surface area contributed by atoms with E-state index in [0.29, 0.717) is 6.04 Å². The number of nitrogens with one attached hydrogen (secondary N) is 1. The van der Waals surface area contributed by atoms with E-state index in [9.17, 15) is 4.79 Å². The van der Waals surface area contributed by atoms with Crippen LogP contribution in [-0.2, 0) is 11.3 Å². The van der Waals surface area contributed by atoms with Crippen molar-refractivity contribution < 1.29 is 4.79 Å². The van der Waals surface area contributed by atoms with Gasteiger partial charge >= 0.3 is 0 Å². The van der Waals surface area contributed by atoms with E-state index in [1.54, 1.807) is 10.9 Å². The third-order valence-corrected chi connectivity index (χ3v) is 3.56. The zero-order valence-electron chi connectivity index (χ0n) is 11.5. The normalized spacial score (nSPS) is 17.6. The van der Waals surface area contributed by atoms with E-state index in [1.807, 2.05) is 0 Å². The molecule has 1 unspecified atom stereocenters. The lowest BCUT2D eigenvalue weighted by Gasteiger charge is -2.11. The van der Waals surface area contributed by atoms with Crippen molar-refractivity contribution in [1.82, 2.24) is 20.3 Å². The smallest absolute Gasteiger partial charge is 0.242 e. The van der Waals surface area contributed by atoms with E-state index < -0.39 is 0 Å². The van der Waals surface area contributed by atoms with Crippen molar-refractivity contribution in [3.8, 4) is 0 Å². The van der Waals surface area contributed by atoms with Gasteiger partial charge in [0.1, 0.15) is 6.54 Å². The summed E-state index contributed by atoms with van der Waals surface area (Å²) in [6, 6.07) is 0.259. The van der Waals surface area contributed by atoms with Gasteiger partial charge in [-0.05, 0) is 19.3 Å². The molecule has 1 heterocycles. The first-order valence-corrected chi connectivity index (χ1v) is 7.14. The van der Waals surface area contributed by atoms with Crippen molar-refractivity contribution in [2.75, 3.05) is 0 Å². The van der Waals surface area contributed by atoms with E-state index in [2.05, 4.69) is 22.6 Å². The summed E-state index contributed by atoms with van der Waals surface area (Å²) < 4.78 is 1.56. The highest BCUT2D eigenvalue weighted by Crippen LogP contribution is 2.17. The van der Waals surface area contributed by atoms with Crippen LogP contribution in [0.5, 0.6) is 0 Å². The summed E-state index contributed by atoms with van der Waals surface area (Å²) in [6.45, 7) is 2.31. The van der Waals surface area contributed by atoms with Gasteiger partial charge in [0.25, 0.3) is 0 Å². The number of amides is 1. The number of nitrogens with two attached hydrogens (primary N) is 1. The Morgan fingerprint density at radius 3 is 3.00 bits per heavy atom. The summed E-state index contributed by atoms with van der Waals surface area (Å²) in [5.74, 6) is 0.00686. The molecule has 106 valence electrons. The second-order valence-corrected chi connectivity index (χ2v) is 5.29. The first-order valence-electron chi connectivity index (χ1n) is 7.14. The van der Waals surface area contributed by atoms with E-state index in [0.717, 1.165) is 31.4 Å². The zero-order chi connectivity index (χ0) is 13.7. The summed E-state index contributed by atoms with van der Waals surface area (Å²) >= 11 is 0. The SMILES string of the molecule is CCCC(N)c1cn(CC(=O)NC2CCCC2)nn1. The predicted molar refractivity (Wildman–Crippen MR) is 72.3 cm³/mol. The van der Waals surface area contributed by atoms with Gasteiger partial charge in [-0.25, -0.2) is 4.68 Å². The molecule has 1 aliphatic carbocycles. The van der Waals surface area contributed by atoms with E-state index >= 15 is 0 Å². The summed E-state index contributed by atoms with van der Waals surface area (Å²) in [7, 11) is 0. The number of carbonyl (C=O) groups is 1. The van der Waals surface area contributed by atoms with Crippen LogP contribution in [0.15, 0.2) is 6.20 Å². The highest BCUT2D eigenvalue weighted by Gasteiger charge is 2.18. The minimum Gasteiger partial charge on any atom is -0.352 e. The topological polar surface area (TPSA) is 85.8 Å². The lowest BCUT2D eigenvalue weighted by molar-refractivity contribution is -0.122. The third kappa shape index (κ3) is 4.02. The van der Waals surface area contributed by atoms with Crippen molar-refractivity contribution in [2.24, 2.45) is 5.73 Å². The summed E-state index contributed by atoms with van der Waals surface area (Å²) in [6.07, 6.45) is 8.28. The molecule has 3 N–H and O–H groups in total. The number of hydrogen-bond donors (Lipinski definition) is 2. The van der Waals surface area contributed by atoms with E-state index in [-0.39, 0.29) is 18.5 Å². The molecule has 2 rings (SSSR count). The fourth-order valence-electron chi connectivity index (χ4n) is 2.51. The average molecular weight is 265 g/mol. The van der Waals surface area contributed by atoms with Crippen LogP contribution in [0.25, 0.3) is 0 Å². The van der Waals surface area contributed by atoms with Crippen molar-refractivity contribution >= 4 is 5.91 Å². The van der Waals surface area contributed by atoms with Gasteiger partial charge in [-0.2, -0.15) is 0 Å². The molecule has 0 saturated heterocycles. The molecule has 1 fully saturated rings. The van der Waals surface area contributed by atoms with Crippen LogP contribution in [0.4, 0.5) is 0 Å². The Labute approximate surface area is 113 Å². The molecule has 1 aromatic heterocycles. The largest absolute Gasteiger partial charge is 0.352 e. The minimum atomic E-state index is -0.0864. The maximum atomic E-state index is 11.8. The van der Waals surface area contributed by atoms with Gasteiger partial charge in [0.15, 0.2) is 0 Å². The van der Waals surface area contributed by atoms with Crippen LogP contribution < -0.4 is 11.1 Å². The molecule has 0 bridgehead atoms. The number of nitrogens with zero attached hydrogens (tertiary/aromatic N) is 3. The van der Waals surface area contributed by atoms with Gasteiger partial charge in [-0.15, -0.1) is 5.10 Å². The maximum Gasteiger partial charge on any atom is 0.242 e. The average Bonchev–Trinajstić information content (AvgIpc) is 3.00. The maximum absolute atomic E-state index is 11.8. The van der Waals surface area contributed by atoms with Gasteiger partial charge < -0.3 is 11.1 Å². The van der Waals surface area contributed by atoms with Crippen LogP contribution in [0, 0.1) is 0 Å². The second-order valence-electron chi connectivity index (χ2n) is 5.29. The lowest BCUT2D eigenvalue weighted by Crippen LogP contribution is -2.35. The zero-order valence-corrected chi connectivity index (χ0v) is 11.5. The van der Waals surface area contributed by atoms with Crippen LogP contribution in [-0.4, -0.2) is 26.9 Å². The third-order valence-electron chi connectivity index (χ3n) is 3.56. The van der Waals surface area contributed by atoms with Crippen LogP contribution in [0.2, 0.25) is 0 Å². The Morgan fingerprint density at radius 1 is 1.58 bits per heavy atom. The van der Waals surface area contributed by atoms with Crippen LogP contribution in [0.3, 0.4) is 0 Å². The van der Waals surface area contributed by atoms with Crippen molar-refractivity contribution in [3.63, 3.8) is 0 Å². The van der Waals surface area contributed by atoms with Crippen molar-refractivity contribution in [3.05, 3.63) is 11.9 Å². The summed E-state index contributed by atoms with van der Waals surface area (Å²) in [4.78, 5) is 11.8. The minimum absolute atomic E-state index is 0.00686. The Balaban J connectivity index is 1.83. The molecule has 1 aliphatic rings. The van der Waals surface area contributed by atoms with Crippen molar-refractivity contribution in [1.29, 1.82) is 0 Å². The fourth-order valence-corrected chi connectivity index (χ4v) is 2.51. The molecule has 6 nitrogen and oxygen atoms in total. The van der Waals surface area contributed by atoms with Crippen LogP contribution >= 0.6 is 0 Å². The summed E-state index contributed by atoms with van der Waals surface area (Å²) in [5, 5.41) is 11.0. The molecule has 1 atom stereocenters. The molecule has 0 aromatic carbocycles. The fraction of sp³-hybridized carbons (Fsp3) is 0.769. The Bertz CT molecular complexity index is 411. The molecule has 1 saturated carbocycles. The Morgan fingerprint density at radius 2 is 2.32 bits per heavy atom. The highest BCUT2D eigenvalue weighted by atomic mass is 16.2. The van der Waals surface area contributed by atoms with Gasteiger partial charge in [0.2, 0.25) is 5.91 Å². The molecule has 0 aliphatic heterocycles. The van der Waals surface area contributed by atoms with E-state index in [4.69, 9.17) is 5.73 Å². The molecule has 6 heteroatoms. The number of aromatic nitrogens is 3. The predicted octanol–water partition coefficient (Wildman–Crippen LogP) is 1.14. The number of carbonyl (C=O) groups excluding carboxylic acids is 1. The molecule has 1 aromatic rings. The van der Waals surface area contributed by atoms with Crippen LogP contribution in [0.1, 0.15) is 57.2 Å². The van der Waals surface area contributed by atoms with Gasteiger partial charge in [-0.1, -0.05) is 31.4 Å². The molecule has 0 spiro atoms. The first-order chi connectivity index (χ1) is 9.19. The molecule has 19 heavy (non-hydrogen) atoms. The first kappa shape index (κ1) is 14.0. The highest BCUT2D eigenvalue weighted by molar-refractivity contribution is 5.75. The molecule has 1 amide bonds. The Hall–Kier alpha value is -1.43. The quantitative estimate of drug-likeness (QED) is 0.807. The van der Waals surface area contributed by atoms with Gasteiger partial charge in [0, 0.05) is 6.04 Å².